The Kier molecular flexibility index (Phi) is 5.84. The molecule has 0 N–H and O–H groups in total. The molecule has 0 aliphatic carbocycles. The van der Waals surface area contributed by atoms with E-state index in [1.165, 1.54) is 0 Å². The van der Waals surface area contributed by atoms with Crippen molar-refractivity contribution < 1.29 is 14.1 Å². The molecular formula is C21H16N2O3S2. The average Bonchev–Trinajstić information content (AvgIpc) is 3.43. The van der Waals surface area contributed by atoms with Crippen molar-refractivity contribution in [3.8, 4) is 11.3 Å². The molecule has 0 saturated carbocycles. The Hall–Kier alpha value is -2.90. The molecule has 4 aromatic rings. The van der Waals surface area contributed by atoms with E-state index in [9.17, 15) is 4.79 Å². The summed E-state index contributed by atoms with van der Waals surface area (Å²) in [5.74, 6) is 0.815. The van der Waals surface area contributed by atoms with Crippen molar-refractivity contribution in [3.05, 3.63) is 88.6 Å². The van der Waals surface area contributed by atoms with Gasteiger partial charge >= 0.3 is 5.97 Å². The van der Waals surface area contributed by atoms with Crippen molar-refractivity contribution in [1.82, 2.24) is 10.1 Å². The van der Waals surface area contributed by atoms with E-state index in [4.69, 9.17) is 9.26 Å². The molecule has 7 heteroatoms. The summed E-state index contributed by atoms with van der Waals surface area (Å²) in [6.45, 7) is 0.0315. The molecule has 140 valence electrons. The van der Waals surface area contributed by atoms with E-state index < -0.39 is 0 Å². The molecule has 0 fully saturated rings. The minimum absolute atomic E-state index is 0.0315. The molecule has 0 aliphatic rings. The van der Waals surface area contributed by atoms with Crippen LogP contribution >= 0.6 is 23.1 Å². The predicted octanol–water partition coefficient (Wildman–Crippen LogP) is 5.45. The summed E-state index contributed by atoms with van der Waals surface area (Å²) in [5.41, 5.74) is 4.99. The summed E-state index contributed by atoms with van der Waals surface area (Å²) in [5, 5.41) is 6.04. The molecule has 5 nitrogen and oxygen atoms in total. The van der Waals surface area contributed by atoms with Gasteiger partial charge in [-0.1, -0.05) is 47.6 Å². The van der Waals surface area contributed by atoms with Gasteiger partial charge in [-0.2, -0.15) is 0 Å². The second-order valence-corrected chi connectivity index (χ2v) is 7.62. The summed E-state index contributed by atoms with van der Waals surface area (Å²) < 4.78 is 10.7. The van der Waals surface area contributed by atoms with Crippen LogP contribution in [0.3, 0.4) is 0 Å². The van der Waals surface area contributed by atoms with Crippen LogP contribution in [-0.4, -0.2) is 16.1 Å². The number of carbonyl (C=O) groups is 1. The molecule has 28 heavy (non-hydrogen) atoms. The number of thiazole rings is 1. The minimum atomic E-state index is -0.390. The van der Waals surface area contributed by atoms with Crippen LogP contribution in [0.1, 0.15) is 21.8 Å². The van der Waals surface area contributed by atoms with Gasteiger partial charge < -0.3 is 9.26 Å². The number of ether oxygens (including phenoxy) is 1. The van der Waals surface area contributed by atoms with Crippen LogP contribution in [0.2, 0.25) is 0 Å². The van der Waals surface area contributed by atoms with Crippen LogP contribution in [0.4, 0.5) is 0 Å². The molecule has 0 bridgehead atoms. The first-order valence-electron chi connectivity index (χ1n) is 8.56. The second-order valence-electron chi connectivity index (χ2n) is 5.89. The van der Waals surface area contributed by atoms with Gasteiger partial charge in [0, 0.05) is 27.7 Å². The van der Waals surface area contributed by atoms with E-state index in [1.807, 2.05) is 53.9 Å². The molecular weight excluding hydrogens is 392 g/mol. The zero-order chi connectivity index (χ0) is 19.2. The molecule has 0 saturated heterocycles. The number of nitrogens with zero attached hydrogens (tertiary/aromatic N) is 2. The topological polar surface area (TPSA) is 65.2 Å². The highest BCUT2D eigenvalue weighted by molar-refractivity contribution is 7.98. The van der Waals surface area contributed by atoms with Crippen molar-refractivity contribution in [2.24, 2.45) is 0 Å². The van der Waals surface area contributed by atoms with Gasteiger partial charge in [0.15, 0.2) is 12.4 Å². The number of hydrogen-bond acceptors (Lipinski definition) is 7. The van der Waals surface area contributed by atoms with Crippen LogP contribution in [-0.2, 0) is 17.1 Å². The first kappa shape index (κ1) is 18.5. The third-order valence-corrected chi connectivity index (χ3v) is 5.68. The zero-order valence-electron chi connectivity index (χ0n) is 14.8. The number of esters is 1. The summed E-state index contributed by atoms with van der Waals surface area (Å²) in [6, 6.07) is 18.9. The maximum atomic E-state index is 12.6. The van der Waals surface area contributed by atoms with Crippen LogP contribution in [0, 0.1) is 0 Å². The van der Waals surface area contributed by atoms with Gasteiger partial charge in [-0.15, -0.1) is 23.1 Å². The van der Waals surface area contributed by atoms with Crippen molar-refractivity contribution in [1.29, 1.82) is 0 Å². The lowest BCUT2D eigenvalue weighted by Crippen LogP contribution is -2.06. The number of rotatable bonds is 7. The van der Waals surface area contributed by atoms with E-state index in [2.05, 4.69) is 10.1 Å². The summed E-state index contributed by atoms with van der Waals surface area (Å²) in [7, 11) is 0. The van der Waals surface area contributed by atoms with E-state index in [-0.39, 0.29) is 12.6 Å². The normalized spacial score (nSPS) is 10.7. The quantitative estimate of drug-likeness (QED) is 0.299. The minimum Gasteiger partial charge on any atom is -0.454 e. The van der Waals surface area contributed by atoms with Gasteiger partial charge in [-0.25, -0.2) is 9.78 Å². The number of benzene rings is 2. The Morgan fingerprint density at radius 2 is 1.93 bits per heavy atom. The van der Waals surface area contributed by atoms with E-state index in [1.54, 1.807) is 40.7 Å². The lowest BCUT2D eigenvalue weighted by molar-refractivity contribution is 0.0433. The van der Waals surface area contributed by atoms with Gasteiger partial charge in [0.05, 0.1) is 16.8 Å². The maximum Gasteiger partial charge on any atom is 0.339 e. The van der Waals surface area contributed by atoms with Crippen LogP contribution in [0.25, 0.3) is 11.3 Å². The van der Waals surface area contributed by atoms with Crippen molar-refractivity contribution in [2.45, 2.75) is 17.3 Å². The Bertz CT molecular complexity index is 1050. The van der Waals surface area contributed by atoms with Gasteiger partial charge in [-0.05, 0) is 12.1 Å². The summed E-state index contributed by atoms with van der Waals surface area (Å²) >= 11 is 3.12. The van der Waals surface area contributed by atoms with Crippen LogP contribution in [0.5, 0.6) is 0 Å². The first-order valence-corrected chi connectivity index (χ1v) is 10.5. The highest BCUT2D eigenvalue weighted by Crippen LogP contribution is 2.27. The van der Waals surface area contributed by atoms with E-state index in [0.29, 0.717) is 22.8 Å². The zero-order valence-corrected chi connectivity index (χ0v) is 16.4. The standard InChI is InChI=1S/C21H16N2O3S2/c24-21(18-8-4-5-9-20(18)28-13-16-12-27-14-22-16)25-11-17-10-19(23-26-17)15-6-2-1-3-7-15/h1-10,12,14H,11,13H2. The third kappa shape index (κ3) is 4.49. The molecule has 2 aromatic carbocycles. The highest BCUT2D eigenvalue weighted by Gasteiger charge is 2.15. The molecule has 4 rings (SSSR count). The van der Waals surface area contributed by atoms with Gasteiger partial charge in [0.1, 0.15) is 5.69 Å². The molecule has 0 unspecified atom stereocenters. The van der Waals surface area contributed by atoms with Gasteiger partial charge in [-0.3, -0.25) is 0 Å². The van der Waals surface area contributed by atoms with E-state index >= 15 is 0 Å². The lowest BCUT2D eigenvalue weighted by atomic mass is 10.1. The predicted molar refractivity (Wildman–Crippen MR) is 109 cm³/mol. The molecule has 0 aliphatic heterocycles. The van der Waals surface area contributed by atoms with Crippen LogP contribution in [0.15, 0.2) is 81.0 Å². The fourth-order valence-electron chi connectivity index (χ4n) is 2.56. The monoisotopic (exact) mass is 408 g/mol. The highest BCUT2D eigenvalue weighted by atomic mass is 32.2. The first-order chi connectivity index (χ1) is 13.8. The van der Waals surface area contributed by atoms with Gasteiger partial charge in [0.25, 0.3) is 0 Å². The number of carbonyl (C=O) groups excluding carboxylic acids is 1. The van der Waals surface area contributed by atoms with E-state index in [0.717, 1.165) is 16.2 Å². The lowest BCUT2D eigenvalue weighted by Gasteiger charge is -2.08. The molecule has 2 aromatic heterocycles. The number of aromatic nitrogens is 2. The molecule has 0 atom stereocenters. The largest absolute Gasteiger partial charge is 0.454 e. The van der Waals surface area contributed by atoms with Gasteiger partial charge in [0.2, 0.25) is 0 Å². The second kappa shape index (κ2) is 8.86. The van der Waals surface area contributed by atoms with Crippen LogP contribution < -0.4 is 0 Å². The fraction of sp³-hybridized carbons (Fsp3) is 0.0952. The summed E-state index contributed by atoms with van der Waals surface area (Å²) in [6.07, 6.45) is 0. The van der Waals surface area contributed by atoms with Crippen molar-refractivity contribution >= 4 is 29.1 Å². The number of thioether (sulfide) groups is 1. The molecule has 0 radical (unpaired) electrons. The average molecular weight is 409 g/mol. The Morgan fingerprint density at radius 3 is 2.75 bits per heavy atom. The third-order valence-electron chi connectivity index (χ3n) is 3.94. The Balaban J connectivity index is 1.40. The molecule has 0 spiro atoms. The maximum absolute atomic E-state index is 12.6. The Morgan fingerprint density at radius 1 is 1.11 bits per heavy atom. The SMILES string of the molecule is O=C(OCc1cc(-c2ccccc2)no1)c1ccccc1SCc1cscn1. The van der Waals surface area contributed by atoms with Crippen molar-refractivity contribution in [3.63, 3.8) is 0 Å². The fourth-order valence-corrected chi connectivity index (χ4v) is 4.17. The molecule has 2 heterocycles. The number of hydrogen-bond donors (Lipinski definition) is 0. The summed E-state index contributed by atoms with van der Waals surface area (Å²) in [4.78, 5) is 17.7. The van der Waals surface area contributed by atoms with Crippen molar-refractivity contribution in [2.75, 3.05) is 0 Å². The smallest absolute Gasteiger partial charge is 0.339 e. The Labute approximate surface area is 170 Å². The molecule has 0 amide bonds.